The van der Waals surface area contributed by atoms with Crippen molar-refractivity contribution in [3.8, 4) is 11.4 Å². The number of amides is 3. The molecule has 0 radical (unpaired) electrons. The van der Waals surface area contributed by atoms with Crippen LogP contribution in [0.4, 0.5) is 4.79 Å². The third-order valence-corrected chi connectivity index (χ3v) is 5.31. The highest BCUT2D eigenvalue weighted by atomic mass is 35.5. The van der Waals surface area contributed by atoms with E-state index in [0.717, 1.165) is 34.0 Å². The maximum atomic E-state index is 11.8. The first kappa shape index (κ1) is 19.8. The first-order valence-electron chi connectivity index (χ1n) is 9.42. The van der Waals surface area contributed by atoms with E-state index in [9.17, 15) is 9.59 Å². The number of ether oxygens (including phenoxy) is 1. The zero-order chi connectivity index (χ0) is 21.3. The lowest BCUT2D eigenvalue weighted by Gasteiger charge is -2.12. The highest BCUT2D eigenvalue weighted by molar-refractivity contribution is 6.31. The van der Waals surface area contributed by atoms with E-state index in [1.807, 2.05) is 68.4 Å². The van der Waals surface area contributed by atoms with Crippen molar-refractivity contribution in [3.63, 3.8) is 0 Å². The Morgan fingerprint density at radius 1 is 1.03 bits per heavy atom. The van der Waals surface area contributed by atoms with Crippen LogP contribution in [0.15, 0.2) is 60.3 Å². The number of aromatic nitrogens is 1. The van der Waals surface area contributed by atoms with Crippen LogP contribution >= 0.6 is 11.6 Å². The van der Waals surface area contributed by atoms with Crippen molar-refractivity contribution in [2.24, 2.45) is 0 Å². The van der Waals surface area contributed by atoms with Crippen LogP contribution < -0.4 is 15.4 Å². The molecule has 0 bridgehead atoms. The van der Waals surface area contributed by atoms with Gasteiger partial charge in [0.05, 0.1) is 0 Å². The quantitative estimate of drug-likeness (QED) is 0.470. The van der Waals surface area contributed by atoms with Crippen LogP contribution in [0.2, 0.25) is 5.02 Å². The second kappa shape index (κ2) is 8.08. The minimum Gasteiger partial charge on any atom is -0.489 e. The molecule has 3 amide bonds. The molecule has 0 aliphatic carbocycles. The number of benzene rings is 2. The lowest BCUT2D eigenvalue weighted by molar-refractivity contribution is -0.115. The Morgan fingerprint density at radius 3 is 2.43 bits per heavy atom. The highest BCUT2D eigenvalue weighted by Gasteiger charge is 2.23. The van der Waals surface area contributed by atoms with E-state index < -0.39 is 11.9 Å². The average Bonchev–Trinajstić information content (AvgIpc) is 3.19. The molecule has 2 N–H and O–H groups in total. The zero-order valence-electron chi connectivity index (χ0n) is 16.5. The summed E-state index contributed by atoms with van der Waals surface area (Å²) in [7, 11) is 0. The minimum atomic E-state index is -0.507. The molecule has 7 heteroatoms. The van der Waals surface area contributed by atoms with E-state index >= 15 is 0 Å². The molecule has 152 valence electrons. The summed E-state index contributed by atoms with van der Waals surface area (Å²) in [6.07, 6.45) is 1.68. The van der Waals surface area contributed by atoms with Crippen LogP contribution in [0.5, 0.6) is 5.75 Å². The summed E-state index contributed by atoms with van der Waals surface area (Å²) in [5, 5.41) is 5.40. The summed E-state index contributed by atoms with van der Waals surface area (Å²) < 4.78 is 7.93. The van der Waals surface area contributed by atoms with Crippen molar-refractivity contribution in [1.29, 1.82) is 0 Å². The van der Waals surface area contributed by atoms with Gasteiger partial charge in [-0.25, -0.2) is 4.79 Å². The molecule has 1 aliphatic rings. The Kier molecular flexibility index (Phi) is 5.33. The van der Waals surface area contributed by atoms with Gasteiger partial charge in [0.1, 0.15) is 18.1 Å². The van der Waals surface area contributed by atoms with Gasteiger partial charge in [-0.15, -0.1) is 0 Å². The number of carbonyl (C=O) groups is 2. The van der Waals surface area contributed by atoms with Crippen molar-refractivity contribution in [1.82, 2.24) is 15.2 Å². The smallest absolute Gasteiger partial charge is 0.326 e. The molecule has 1 saturated heterocycles. The van der Waals surface area contributed by atoms with E-state index in [1.165, 1.54) is 0 Å². The first-order chi connectivity index (χ1) is 14.4. The van der Waals surface area contributed by atoms with Gasteiger partial charge in [-0.2, -0.15) is 0 Å². The molecule has 2 heterocycles. The van der Waals surface area contributed by atoms with Gasteiger partial charge >= 0.3 is 6.03 Å². The normalized spacial score (nSPS) is 14.7. The average molecular weight is 422 g/mol. The Bertz CT molecular complexity index is 1160. The molecule has 0 unspecified atom stereocenters. The second-order valence-corrected chi connectivity index (χ2v) is 7.41. The Morgan fingerprint density at radius 2 is 1.77 bits per heavy atom. The van der Waals surface area contributed by atoms with Crippen LogP contribution in [-0.2, 0) is 11.4 Å². The number of nitrogens with one attached hydrogen (secondary N) is 2. The molecule has 1 fully saturated rings. The fourth-order valence-corrected chi connectivity index (χ4v) is 3.63. The molecule has 0 atom stereocenters. The van der Waals surface area contributed by atoms with E-state index in [2.05, 4.69) is 15.2 Å². The number of hydrogen-bond acceptors (Lipinski definition) is 3. The van der Waals surface area contributed by atoms with Gasteiger partial charge in [0, 0.05) is 27.7 Å². The third-order valence-electron chi connectivity index (χ3n) is 4.94. The van der Waals surface area contributed by atoms with E-state index in [1.54, 1.807) is 6.08 Å². The zero-order valence-corrected chi connectivity index (χ0v) is 17.3. The van der Waals surface area contributed by atoms with Crippen LogP contribution in [0.3, 0.4) is 0 Å². The van der Waals surface area contributed by atoms with Gasteiger partial charge in [0.15, 0.2) is 0 Å². The lowest BCUT2D eigenvalue weighted by Crippen LogP contribution is -2.22. The molecule has 1 aromatic heterocycles. The van der Waals surface area contributed by atoms with Crippen LogP contribution in [0.1, 0.15) is 22.5 Å². The third kappa shape index (κ3) is 3.95. The van der Waals surface area contributed by atoms with Crippen LogP contribution in [-0.4, -0.2) is 16.5 Å². The summed E-state index contributed by atoms with van der Waals surface area (Å²) in [4.78, 5) is 23.1. The summed E-state index contributed by atoms with van der Waals surface area (Å²) >= 11 is 6.17. The fourth-order valence-electron chi connectivity index (χ4n) is 3.44. The summed E-state index contributed by atoms with van der Waals surface area (Å²) in [6, 6.07) is 16.8. The predicted molar refractivity (Wildman–Crippen MR) is 116 cm³/mol. The molecule has 4 rings (SSSR count). The lowest BCUT2D eigenvalue weighted by atomic mass is 10.2. The van der Waals surface area contributed by atoms with Gasteiger partial charge in [0.2, 0.25) is 0 Å². The Labute approximate surface area is 179 Å². The summed E-state index contributed by atoms with van der Waals surface area (Å²) in [5.74, 6) is 0.318. The second-order valence-electron chi connectivity index (χ2n) is 7.00. The van der Waals surface area contributed by atoms with Crippen LogP contribution in [0.25, 0.3) is 11.8 Å². The first-order valence-corrected chi connectivity index (χ1v) is 9.80. The van der Waals surface area contributed by atoms with Crippen molar-refractivity contribution >= 4 is 29.6 Å². The molecule has 6 nitrogen and oxygen atoms in total. The number of carbonyl (C=O) groups excluding carboxylic acids is 2. The minimum absolute atomic E-state index is 0.239. The molecule has 3 aromatic rings. The molecule has 30 heavy (non-hydrogen) atoms. The number of urea groups is 1. The molecule has 2 aromatic carbocycles. The molecular formula is C23H20ClN3O3. The SMILES string of the molecule is Cc1cc(C=C2NC(=O)NC2=O)c(C)n1-c1ccc(OCc2ccccc2Cl)cc1. The standard InChI is InChI=1S/C23H20ClN3O3/c1-14-11-17(12-21-22(28)26-23(29)25-21)15(2)27(14)18-7-9-19(10-8-18)30-13-16-5-3-4-6-20(16)24/h3-12H,13H2,1-2H3,(H2,25,26,28,29). The monoisotopic (exact) mass is 421 g/mol. The van der Waals surface area contributed by atoms with Gasteiger partial charge in [-0.1, -0.05) is 29.8 Å². The van der Waals surface area contributed by atoms with Gasteiger partial charge < -0.3 is 14.6 Å². The summed E-state index contributed by atoms with van der Waals surface area (Å²) in [5.41, 5.74) is 4.97. The van der Waals surface area contributed by atoms with Gasteiger partial charge in [-0.3, -0.25) is 10.1 Å². The van der Waals surface area contributed by atoms with Gasteiger partial charge in [0.25, 0.3) is 5.91 Å². The van der Waals surface area contributed by atoms with Crippen molar-refractivity contribution in [3.05, 3.63) is 87.8 Å². The predicted octanol–water partition coefficient (Wildman–Crippen LogP) is 4.51. The molecule has 1 aliphatic heterocycles. The molecular weight excluding hydrogens is 402 g/mol. The van der Waals surface area contributed by atoms with E-state index in [-0.39, 0.29) is 5.70 Å². The molecule has 0 saturated carbocycles. The number of imide groups is 1. The maximum Gasteiger partial charge on any atom is 0.326 e. The largest absolute Gasteiger partial charge is 0.489 e. The fraction of sp³-hybridized carbons (Fsp3) is 0.130. The number of aryl methyl sites for hydroxylation is 1. The Hall–Kier alpha value is -3.51. The highest BCUT2D eigenvalue weighted by Crippen LogP contribution is 2.25. The van der Waals surface area contributed by atoms with E-state index in [0.29, 0.717) is 11.6 Å². The Balaban J connectivity index is 1.54. The van der Waals surface area contributed by atoms with Crippen molar-refractivity contribution in [2.45, 2.75) is 20.5 Å². The van der Waals surface area contributed by atoms with Crippen molar-refractivity contribution < 1.29 is 14.3 Å². The summed E-state index contributed by atoms with van der Waals surface area (Å²) in [6.45, 7) is 4.35. The number of hydrogen-bond donors (Lipinski definition) is 2. The number of rotatable bonds is 5. The number of nitrogens with zero attached hydrogens (tertiary/aromatic N) is 1. The molecule has 0 spiro atoms. The number of halogens is 1. The van der Waals surface area contributed by atoms with Gasteiger partial charge in [-0.05, 0) is 61.9 Å². The van der Waals surface area contributed by atoms with Crippen LogP contribution in [0, 0.1) is 13.8 Å². The van der Waals surface area contributed by atoms with Crippen molar-refractivity contribution in [2.75, 3.05) is 0 Å². The topological polar surface area (TPSA) is 72.4 Å². The maximum absolute atomic E-state index is 11.8. The van der Waals surface area contributed by atoms with E-state index in [4.69, 9.17) is 16.3 Å².